The number of aryl methyl sites for hydroxylation is 2. The Balaban J connectivity index is 2.69. The molecule has 0 aliphatic carbocycles. The Morgan fingerprint density at radius 2 is 2.00 bits per heavy atom. The van der Waals surface area contributed by atoms with E-state index in [0.717, 1.165) is 16.6 Å². The fourth-order valence-corrected chi connectivity index (χ4v) is 1.69. The van der Waals surface area contributed by atoms with Crippen LogP contribution in [0.4, 0.5) is 4.39 Å². The van der Waals surface area contributed by atoms with Crippen LogP contribution < -0.4 is 4.74 Å². The normalized spacial score (nSPS) is 10.8. The summed E-state index contributed by atoms with van der Waals surface area (Å²) in [4.78, 5) is 8.46. The number of rotatable bonds is 2. The smallest absolute Gasteiger partial charge is 0.165 e. The number of halogens is 1. The van der Waals surface area contributed by atoms with Gasteiger partial charge in [0, 0.05) is 17.1 Å². The molecule has 0 atom stereocenters. The van der Waals surface area contributed by atoms with E-state index in [1.807, 2.05) is 20.8 Å². The van der Waals surface area contributed by atoms with E-state index in [2.05, 4.69) is 9.97 Å². The summed E-state index contributed by atoms with van der Waals surface area (Å²) in [5.74, 6) is 0.552. The van der Waals surface area contributed by atoms with Gasteiger partial charge in [-0.2, -0.15) is 0 Å². The van der Waals surface area contributed by atoms with Crippen LogP contribution in [-0.2, 0) is 0 Å². The van der Waals surface area contributed by atoms with Crippen LogP contribution in [0.1, 0.15) is 18.4 Å². The lowest BCUT2D eigenvalue weighted by molar-refractivity contribution is 0.322. The van der Waals surface area contributed by atoms with Crippen molar-refractivity contribution in [2.24, 2.45) is 0 Å². The number of hydrogen-bond acceptors (Lipinski definition) is 3. The van der Waals surface area contributed by atoms with Crippen molar-refractivity contribution in [3.8, 4) is 5.75 Å². The Labute approximate surface area is 93.3 Å². The van der Waals surface area contributed by atoms with Crippen LogP contribution in [-0.4, -0.2) is 16.6 Å². The summed E-state index contributed by atoms with van der Waals surface area (Å²) in [6, 6.07) is 3.05. The van der Waals surface area contributed by atoms with Gasteiger partial charge in [-0.1, -0.05) is 0 Å². The van der Waals surface area contributed by atoms with E-state index in [9.17, 15) is 4.39 Å². The van der Waals surface area contributed by atoms with E-state index in [-0.39, 0.29) is 11.6 Å². The van der Waals surface area contributed by atoms with Crippen molar-refractivity contribution >= 4 is 10.9 Å². The van der Waals surface area contributed by atoms with E-state index in [0.29, 0.717) is 12.4 Å². The average Bonchev–Trinajstić information content (AvgIpc) is 2.21. The van der Waals surface area contributed by atoms with Crippen LogP contribution in [0, 0.1) is 19.7 Å². The van der Waals surface area contributed by atoms with Gasteiger partial charge in [0.1, 0.15) is 5.82 Å². The number of ether oxygens (including phenoxy) is 1. The van der Waals surface area contributed by atoms with Gasteiger partial charge in [0.05, 0.1) is 12.1 Å². The molecule has 3 nitrogen and oxygen atoms in total. The van der Waals surface area contributed by atoms with E-state index in [1.165, 1.54) is 6.07 Å². The lowest BCUT2D eigenvalue weighted by Gasteiger charge is -2.07. The van der Waals surface area contributed by atoms with Gasteiger partial charge in [-0.15, -0.1) is 0 Å². The van der Waals surface area contributed by atoms with E-state index >= 15 is 0 Å². The maximum absolute atomic E-state index is 13.6. The van der Waals surface area contributed by atoms with Gasteiger partial charge in [0.25, 0.3) is 0 Å². The molecule has 0 aliphatic heterocycles. The standard InChI is InChI=1S/C12H13FN2O/c1-4-16-12-6-11-9(5-10(12)13)7(2)14-8(3)15-11/h5-6H,4H2,1-3H3. The second-order valence-corrected chi connectivity index (χ2v) is 3.59. The summed E-state index contributed by atoms with van der Waals surface area (Å²) in [6.07, 6.45) is 0. The molecule has 0 spiro atoms. The molecule has 0 radical (unpaired) electrons. The highest BCUT2D eigenvalue weighted by Crippen LogP contribution is 2.25. The molecule has 0 unspecified atom stereocenters. The maximum Gasteiger partial charge on any atom is 0.165 e. The highest BCUT2D eigenvalue weighted by atomic mass is 19.1. The van der Waals surface area contributed by atoms with Crippen molar-refractivity contribution in [2.75, 3.05) is 6.61 Å². The second-order valence-electron chi connectivity index (χ2n) is 3.59. The number of aromatic nitrogens is 2. The fourth-order valence-electron chi connectivity index (χ4n) is 1.69. The molecule has 4 heteroatoms. The molecule has 1 aromatic heterocycles. The molecule has 2 aromatic rings. The van der Waals surface area contributed by atoms with Crippen LogP contribution in [0.15, 0.2) is 12.1 Å². The average molecular weight is 220 g/mol. The van der Waals surface area contributed by atoms with Crippen molar-refractivity contribution in [1.82, 2.24) is 9.97 Å². The molecular formula is C12H13FN2O. The Kier molecular flexibility index (Phi) is 2.73. The lowest BCUT2D eigenvalue weighted by atomic mass is 10.2. The zero-order valence-corrected chi connectivity index (χ0v) is 9.54. The molecule has 0 saturated heterocycles. The molecule has 1 heterocycles. The van der Waals surface area contributed by atoms with Gasteiger partial charge in [-0.3, -0.25) is 0 Å². The molecule has 84 valence electrons. The highest BCUT2D eigenvalue weighted by molar-refractivity contribution is 5.82. The first-order chi connectivity index (χ1) is 7.61. The molecule has 0 N–H and O–H groups in total. The second kappa shape index (κ2) is 4.04. The minimum absolute atomic E-state index is 0.243. The van der Waals surface area contributed by atoms with Crippen LogP contribution in [0.3, 0.4) is 0 Å². The lowest BCUT2D eigenvalue weighted by Crippen LogP contribution is -1.98. The zero-order chi connectivity index (χ0) is 11.7. The van der Waals surface area contributed by atoms with Crippen LogP contribution >= 0.6 is 0 Å². The first kappa shape index (κ1) is 10.8. The summed E-state index contributed by atoms with van der Waals surface area (Å²) in [7, 11) is 0. The molecular weight excluding hydrogens is 207 g/mol. The summed E-state index contributed by atoms with van der Waals surface area (Å²) in [6.45, 7) is 5.92. The van der Waals surface area contributed by atoms with Gasteiger partial charge in [0.15, 0.2) is 11.6 Å². The third kappa shape index (κ3) is 1.83. The molecule has 0 amide bonds. The Morgan fingerprint density at radius 1 is 1.25 bits per heavy atom. The SMILES string of the molecule is CCOc1cc2nc(C)nc(C)c2cc1F. The molecule has 1 aromatic carbocycles. The number of fused-ring (bicyclic) bond motifs is 1. The van der Waals surface area contributed by atoms with Crippen molar-refractivity contribution in [3.05, 3.63) is 29.5 Å². The van der Waals surface area contributed by atoms with Gasteiger partial charge in [-0.25, -0.2) is 14.4 Å². The molecule has 0 fully saturated rings. The van der Waals surface area contributed by atoms with E-state index in [4.69, 9.17) is 4.74 Å². The Bertz CT molecular complexity index is 540. The topological polar surface area (TPSA) is 35.0 Å². The number of hydrogen-bond donors (Lipinski definition) is 0. The summed E-state index contributed by atoms with van der Waals surface area (Å²) in [5.41, 5.74) is 1.50. The Morgan fingerprint density at radius 3 is 2.69 bits per heavy atom. The monoisotopic (exact) mass is 220 g/mol. The molecule has 0 bridgehead atoms. The van der Waals surface area contributed by atoms with Crippen LogP contribution in [0.25, 0.3) is 10.9 Å². The molecule has 0 saturated carbocycles. The van der Waals surface area contributed by atoms with E-state index < -0.39 is 0 Å². The van der Waals surface area contributed by atoms with Crippen molar-refractivity contribution in [3.63, 3.8) is 0 Å². The number of nitrogens with zero attached hydrogens (tertiary/aromatic N) is 2. The van der Waals surface area contributed by atoms with Crippen LogP contribution in [0.2, 0.25) is 0 Å². The third-order valence-corrected chi connectivity index (χ3v) is 2.35. The first-order valence-electron chi connectivity index (χ1n) is 5.19. The minimum atomic E-state index is -0.370. The third-order valence-electron chi connectivity index (χ3n) is 2.35. The highest BCUT2D eigenvalue weighted by Gasteiger charge is 2.09. The van der Waals surface area contributed by atoms with Gasteiger partial charge >= 0.3 is 0 Å². The predicted molar refractivity (Wildman–Crippen MR) is 60.1 cm³/mol. The predicted octanol–water partition coefficient (Wildman–Crippen LogP) is 2.78. The fraction of sp³-hybridized carbons (Fsp3) is 0.333. The van der Waals surface area contributed by atoms with Gasteiger partial charge in [-0.05, 0) is 26.8 Å². The van der Waals surface area contributed by atoms with E-state index in [1.54, 1.807) is 6.07 Å². The summed E-state index contributed by atoms with van der Waals surface area (Å²) < 4.78 is 18.8. The van der Waals surface area contributed by atoms with Crippen molar-refractivity contribution in [2.45, 2.75) is 20.8 Å². The zero-order valence-electron chi connectivity index (χ0n) is 9.54. The van der Waals surface area contributed by atoms with Gasteiger partial charge < -0.3 is 4.74 Å². The first-order valence-corrected chi connectivity index (χ1v) is 5.19. The quantitative estimate of drug-likeness (QED) is 0.780. The number of benzene rings is 1. The summed E-state index contributed by atoms with van der Waals surface area (Å²) in [5, 5.41) is 0.728. The molecule has 16 heavy (non-hydrogen) atoms. The van der Waals surface area contributed by atoms with Crippen molar-refractivity contribution in [1.29, 1.82) is 0 Å². The maximum atomic E-state index is 13.6. The molecule has 0 aliphatic rings. The van der Waals surface area contributed by atoms with Gasteiger partial charge in [0.2, 0.25) is 0 Å². The van der Waals surface area contributed by atoms with Crippen LogP contribution in [0.5, 0.6) is 5.75 Å². The Hall–Kier alpha value is -1.71. The van der Waals surface area contributed by atoms with Crippen molar-refractivity contribution < 1.29 is 9.13 Å². The summed E-state index contributed by atoms with van der Waals surface area (Å²) >= 11 is 0. The minimum Gasteiger partial charge on any atom is -0.491 e. The largest absolute Gasteiger partial charge is 0.491 e. The molecule has 2 rings (SSSR count).